The molecular formula is C19H26N4O6S. The maximum Gasteiger partial charge on any atom is 0.306 e. The smallest absolute Gasteiger partial charge is 0.306 e. The van der Waals surface area contributed by atoms with Crippen molar-refractivity contribution < 1.29 is 28.7 Å². The van der Waals surface area contributed by atoms with Gasteiger partial charge in [-0.05, 0) is 36.5 Å². The quantitative estimate of drug-likeness (QED) is 0.193. The third-order valence-corrected chi connectivity index (χ3v) is 3.79. The maximum atomic E-state index is 12.1. The first kappa shape index (κ1) is 25.0. The summed E-state index contributed by atoms with van der Waals surface area (Å²) in [6.45, 7) is 3.95. The molecular weight excluding hydrogens is 412 g/mol. The first-order valence-electron chi connectivity index (χ1n) is 9.18. The van der Waals surface area contributed by atoms with Crippen molar-refractivity contribution in [2.24, 2.45) is 5.92 Å². The number of methoxy groups -OCH3 is 1. The molecule has 0 fully saturated rings. The maximum absolute atomic E-state index is 12.1. The molecule has 10 nitrogen and oxygen atoms in total. The molecule has 0 unspecified atom stereocenters. The van der Waals surface area contributed by atoms with Crippen LogP contribution >= 0.6 is 12.2 Å². The molecule has 0 aromatic heterocycles. The lowest BCUT2D eigenvalue weighted by Gasteiger charge is -2.11. The molecule has 0 heterocycles. The van der Waals surface area contributed by atoms with Gasteiger partial charge in [-0.2, -0.15) is 0 Å². The van der Waals surface area contributed by atoms with Gasteiger partial charge in [0.2, 0.25) is 11.8 Å². The number of benzene rings is 1. The Bertz CT molecular complexity index is 767. The minimum absolute atomic E-state index is 0.107. The molecule has 0 saturated carbocycles. The van der Waals surface area contributed by atoms with Crippen molar-refractivity contribution >= 4 is 46.7 Å². The van der Waals surface area contributed by atoms with E-state index in [2.05, 4.69) is 21.5 Å². The van der Waals surface area contributed by atoms with Crippen molar-refractivity contribution in [2.75, 3.05) is 25.6 Å². The average Bonchev–Trinajstić information content (AvgIpc) is 2.71. The third-order valence-electron chi connectivity index (χ3n) is 3.59. The van der Waals surface area contributed by atoms with Crippen molar-refractivity contribution in [2.45, 2.75) is 26.7 Å². The zero-order chi connectivity index (χ0) is 22.5. The molecule has 164 valence electrons. The SMILES string of the molecule is COCCOC(=O)CCC(=O)NC(=S)NNC(=O)c1ccc(NC(=O)C(C)C)cc1. The monoisotopic (exact) mass is 438 g/mol. The van der Waals surface area contributed by atoms with Gasteiger partial charge < -0.3 is 20.1 Å². The van der Waals surface area contributed by atoms with Crippen LogP contribution in [0.2, 0.25) is 0 Å². The summed E-state index contributed by atoms with van der Waals surface area (Å²) in [5.41, 5.74) is 5.63. The van der Waals surface area contributed by atoms with Crippen molar-refractivity contribution in [3.8, 4) is 0 Å². The molecule has 0 spiro atoms. The number of carbonyl (C=O) groups is 4. The molecule has 0 aliphatic heterocycles. The highest BCUT2D eigenvalue weighted by molar-refractivity contribution is 7.80. The van der Waals surface area contributed by atoms with Crippen LogP contribution in [0.5, 0.6) is 0 Å². The molecule has 4 N–H and O–H groups in total. The van der Waals surface area contributed by atoms with E-state index in [9.17, 15) is 19.2 Å². The van der Waals surface area contributed by atoms with Gasteiger partial charge in [0, 0.05) is 30.7 Å². The van der Waals surface area contributed by atoms with Crippen molar-refractivity contribution in [1.29, 1.82) is 0 Å². The number of ether oxygens (including phenoxy) is 2. The van der Waals surface area contributed by atoms with Gasteiger partial charge in [-0.25, -0.2) is 0 Å². The summed E-state index contributed by atoms with van der Waals surface area (Å²) >= 11 is 4.92. The van der Waals surface area contributed by atoms with Crippen molar-refractivity contribution in [3.05, 3.63) is 29.8 Å². The van der Waals surface area contributed by atoms with Crippen LogP contribution in [0.15, 0.2) is 24.3 Å². The highest BCUT2D eigenvalue weighted by atomic mass is 32.1. The van der Waals surface area contributed by atoms with E-state index in [1.54, 1.807) is 26.0 Å². The first-order valence-corrected chi connectivity index (χ1v) is 9.59. The van der Waals surface area contributed by atoms with E-state index in [1.807, 2.05) is 0 Å². The van der Waals surface area contributed by atoms with E-state index in [-0.39, 0.29) is 43.0 Å². The number of anilines is 1. The molecule has 0 radical (unpaired) electrons. The predicted molar refractivity (Wildman–Crippen MR) is 113 cm³/mol. The van der Waals surface area contributed by atoms with E-state index in [0.29, 0.717) is 11.3 Å². The Balaban J connectivity index is 2.35. The Kier molecular flexibility index (Phi) is 11.0. The largest absolute Gasteiger partial charge is 0.463 e. The fourth-order valence-electron chi connectivity index (χ4n) is 1.92. The highest BCUT2D eigenvalue weighted by Crippen LogP contribution is 2.10. The van der Waals surface area contributed by atoms with E-state index >= 15 is 0 Å². The lowest BCUT2D eigenvalue weighted by molar-refractivity contribution is -0.146. The molecule has 0 atom stereocenters. The summed E-state index contributed by atoms with van der Waals surface area (Å²) in [4.78, 5) is 46.9. The molecule has 3 amide bonds. The lowest BCUT2D eigenvalue weighted by Crippen LogP contribution is -2.48. The molecule has 0 aliphatic rings. The zero-order valence-corrected chi connectivity index (χ0v) is 17.9. The fourth-order valence-corrected chi connectivity index (χ4v) is 2.09. The predicted octanol–water partition coefficient (Wildman–Crippen LogP) is 0.886. The van der Waals surface area contributed by atoms with Gasteiger partial charge in [-0.1, -0.05) is 13.8 Å². The van der Waals surface area contributed by atoms with Gasteiger partial charge >= 0.3 is 5.97 Å². The van der Waals surface area contributed by atoms with Gasteiger partial charge in [-0.3, -0.25) is 30.0 Å². The molecule has 1 aromatic rings. The average molecular weight is 439 g/mol. The number of amides is 3. The van der Waals surface area contributed by atoms with Gasteiger partial charge in [0.1, 0.15) is 6.61 Å². The fraction of sp³-hybridized carbons (Fsp3) is 0.421. The van der Waals surface area contributed by atoms with Crippen molar-refractivity contribution in [3.63, 3.8) is 0 Å². The number of nitrogens with one attached hydrogen (secondary N) is 4. The summed E-state index contributed by atoms with van der Waals surface area (Å²) in [6.07, 6.45) is -0.227. The van der Waals surface area contributed by atoms with Gasteiger partial charge in [-0.15, -0.1) is 0 Å². The van der Waals surface area contributed by atoms with Gasteiger partial charge in [0.05, 0.1) is 13.0 Å². The minimum atomic E-state index is -0.526. The Morgan fingerprint density at radius 3 is 2.27 bits per heavy atom. The second kappa shape index (κ2) is 13.2. The number of rotatable bonds is 9. The zero-order valence-electron chi connectivity index (χ0n) is 17.1. The van der Waals surface area contributed by atoms with Gasteiger partial charge in [0.15, 0.2) is 5.11 Å². The molecule has 30 heavy (non-hydrogen) atoms. The van der Waals surface area contributed by atoms with Crippen molar-refractivity contribution in [1.82, 2.24) is 16.2 Å². The number of hydrogen-bond donors (Lipinski definition) is 4. The molecule has 1 rings (SSSR count). The normalized spacial score (nSPS) is 10.1. The van der Waals surface area contributed by atoms with Crippen LogP contribution in [0.25, 0.3) is 0 Å². The number of carbonyl (C=O) groups excluding carboxylic acids is 4. The van der Waals surface area contributed by atoms with Crippen LogP contribution in [0, 0.1) is 5.92 Å². The standard InChI is InChI=1S/C19H26N4O6S/c1-12(2)17(26)20-14-6-4-13(5-7-14)18(27)22-23-19(30)21-15(24)8-9-16(25)29-11-10-28-3/h4-7,12H,8-11H2,1-3H3,(H,20,26)(H,22,27)(H2,21,23,24,30). The Labute approximate surface area is 180 Å². The summed E-state index contributed by atoms with van der Waals surface area (Å²) in [6, 6.07) is 6.26. The van der Waals surface area contributed by atoms with Crippen LogP contribution in [0.4, 0.5) is 5.69 Å². The van der Waals surface area contributed by atoms with Crippen LogP contribution < -0.4 is 21.5 Å². The first-order chi connectivity index (χ1) is 14.2. The van der Waals surface area contributed by atoms with E-state index in [1.165, 1.54) is 19.2 Å². The summed E-state index contributed by atoms with van der Waals surface area (Å²) in [5, 5.41) is 4.93. The summed E-state index contributed by atoms with van der Waals surface area (Å²) < 4.78 is 9.58. The number of hydrogen-bond acceptors (Lipinski definition) is 7. The second-order valence-corrected chi connectivity index (χ2v) is 6.80. The number of esters is 1. The van der Waals surface area contributed by atoms with E-state index in [4.69, 9.17) is 21.7 Å². The van der Waals surface area contributed by atoms with Crippen LogP contribution in [-0.2, 0) is 23.9 Å². The Morgan fingerprint density at radius 2 is 1.67 bits per heavy atom. The molecule has 1 aromatic carbocycles. The van der Waals surface area contributed by atoms with E-state index in [0.717, 1.165) is 0 Å². The Morgan fingerprint density at radius 1 is 1.00 bits per heavy atom. The van der Waals surface area contributed by atoms with Crippen LogP contribution in [0.1, 0.15) is 37.0 Å². The Hall–Kier alpha value is -3.05. The number of hydrazine groups is 1. The molecule has 0 saturated heterocycles. The highest BCUT2D eigenvalue weighted by Gasteiger charge is 2.11. The van der Waals surface area contributed by atoms with Gasteiger partial charge in [0.25, 0.3) is 5.91 Å². The number of thiocarbonyl (C=S) groups is 1. The summed E-state index contributed by atoms with van der Waals surface area (Å²) in [5.74, 6) is -1.80. The second-order valence-electron chi connectivity index (χ2n) is 6.39. The molecule has 0 aliphatic carbocycles. The molecule has 11 heteroatoms. The van der Waals surface area contributed by atoms with Crippen LogP contribution in [0.3, 0.4) is 0 Å². The van der Waals surface area contributed by atoms with E-state index < -0.39 is 17.8 Å². The van der Waals surface area contributed by atoms with Crippen LogP contribution in [-0.4, -0.2) is 49.1 Å². The molecule has 0 bridgehead atoms. The summed E-state index contributed by atoms with van der Waals surface area (Å²) in [7, 11) is 1.48. The topological polar surface area (TPSA) is 135 Å². The third kappa shape index (κ3) is 9.94. The minimum Gasteiger partial charge on any atom is -0.463 e. The lowest BCUT2D eigenvalue weighted by atomic mass is 10.1.